The average molecular weight is 565 g/mol. The Morgan fingerprint density at radius 1 is 0.860 bits per heavy atom. The molecule has 7 rings (SSSR count). The van der Waals surface area contributed by atoms with E-state index in [0.29, 0.717) is 25.0 Å². The highest BCUT2D eigenvalue weighted by atomic mass is 16.5. The van der Waals surface area contributed by atoms with Crippen molar-refractivity contribution in [3.63, 3.8) is 0 Å². The first kappa shape index (κ1) is 27.0. The van der Waals surface area contributed by atoms with E-state index in [4.69, 9.17) is 14.5 Å². The summed E-state index contributed by atoms with van der Waals surface area (Å²) in [5.41, 5.74) is 8.33. The van der Waals surface area contributed by atoms with Gasteiger partial charge >= 0.3 is 0 Å². The fourth-order valence-electron chi connectivity index (χ4n) is 6.53. The second-order valence-electron chi connectivity index (χ2n) is 11.5. The predicted octanol–water partition coefficient (Wildman–Crippen LogP) is 9.70. The van der Waals surface area contributed by atoms with E-state index in [0.717, 1.165) is 34.7 Å². The lowest BCUT2D eigenvalue weighted by Crippen LogP contribution is -2.29. The first-order valence-electron chi connectivity index (χ1n) is 15.2. The van der Waals surface area contributed by atoms with Gasteiger partial charge in [0.2, 0.25) is 0 Å². The molecule has 0 bridgehead atoms. The minimum Gasteiger partial charge on any atom is -0.490 e. The molecule has 0 unspecified atom stereocenters. The van der Waals surface area contributed by atoms with Crippen LogP contribution in [0.2, 0.25) is 0 Å². The van der Waals surface area contributed by atoms with Crippen LogP contribution in [0.3, 0.4) is 0 Å². The molecule has 1 aliphatic heterocycles. The Kier molecular flexibility index (Phi) is 7.42. The monoisotopic (exact) mass is 564 g/mol. The predicted molar refractivity (Wildman–Crippen MR) is 177 cm³/mol. The highest BCUT2D eigenvalue weighted by Gasteiger charge is 2.37. The number of aryl methyl sites for hydroxylation is 1. The smallest absolute Gasteiger partial charge is 0.161 e. The molecule has 0 radical (unpaired) electrons. The Hall–Kier alpha value is -4.83. The molecular weight excluding hydrogens is 528 g/mol. The van der Waals surface area contributed by atoms with Crippen molar-refractivity contribution in [2.45, 2.75) is 38.8 Å². The first-order chi connectivity index (χ1) is 21.2. The number of ether oxygens (including phenoxy) is 2. The molecule has 4 nitrogen and oxygen atoms in total. The van der Waals surface area contributed by atoms with E-state index in [1.54, 1.807) is 0 Å². The normalized spacial score (nSPS) is 18.8. The van der Waals surface area contributed by atoms with E-state index < -0.39 is 0 Å². The first-order valence-corrected chi connectivity index (χ1v) is 15.2. The van der Waals surface area contributed by atoms with Crippen LogP contribution in [-0.4, -0.2) is 12.8 Å². The summed E-state index contributed by atoms with van der Waals surface area (Å²) in [5.74, 6) is 2.45. The number of fused-ring (bicyclic) bond motifs is 4. The fraction of sp³-hybridized carbons (Fsp3) is 0.205. The van der Waals surface area contributed by atoms with E-state index in [1.165, 1.54) is 33.2 Å². The highest BCUT2D eigenvalue weighted by molar-refractivity contribution is 5.85. The number of nitrogens with one attached hydrogen (secondary N) is 1. The molecular formula is C39H36N2O2. The van der Waals surface area contributed by atoms with E-state index >= 15 is 0 Å². The molecule has 43 heavy (non-hydrogen) atoms. The molecule has 0 saturated carbocycles. The minimum absolute atomic E-state index is 0.281. The molecule has 5 aromatic rings. The zero-order valence-corrected chi connectivity index (χ0v) is 24.7. The quantitative estimate of drug-likeness (QED) is 0.151. The Bertz CT molecular complexity index is 1820. The van der Waals surface area contributed by atoms with Crippen LogP contribution >= 0.6 is 0 Å². The molecule has 1 aliphatic carbocycles. The lowest BCUT2D eigenvalue weighted by Gasteiger charge is -2.37. The summed E-state index contributed by atoms with van der Waals surface area (Å²) >= 11 is 0. The lowest BCUT2D eigenvalue weighted by molar-refractivity contribution is 0.270. The van der Waals surface area contributed by atoms with Crippen molar-refractivity contribution >= 4 is 28.4 Å². The summed E-state index contributed by atoms with van der Waals surface area (Å²) in [6, 6.07) is 36.4. The number of benzene rings is 5. The molecule has 0 spiro atoms. The maximum absolute atomic E-state index is 6.25. The number of hydrogen-bond donors (Lipinski definition) is 1. The summed E-state index contributed by atoms with van der Waals surface area (Å²) < 4.78 is 12.2. The third kappa shape index (κ3) is 5.53. The largest absolute Gasteiger partial charge is 0.490 e. The third-order valence-corrected chi connectivity index (χ3v) is 8.66. The molecule has 4 heteroatoms. The van der Waals surface area contributed by atoms with Crippen molar-refractivity contribution < 1.29 is 9.47 Å². The van der Waals surface area contributed by atoms with Gasteiger partial charge in [0.1, 0.15) is 6.61 Å². The van der Waals surface area contributed by atoms with Crippen LogP contribution in [0.4, 0.5) is 11.4 Å². The Morgan fingerprint density at radius 3 is 2.60 bits per heavy atom. The van der Waals surface area contributed by atoms with Gasteiger partial charge in [-0.25, -0.2) is 0 Å². The van der Waals surface area contributed by atoms with Crippen LogP contribution < -0.4 is 14.8 Å². The molecule has 3 atom stereocenters. The van der Waals surface area contributed by atoms with Gasteiger partial charge in [0, 0.05) is 17.8 Å². The number of rotatable bonds is 8. The molecule has 0 saturated heterocycles. The van der Waals surface area contributed by atoms with Crippen LogP contribution in [0.25, 0.3) is 10.8 Å². The van der Waals surface area contributed by atoms with Gasteiger partial charge in [-0.05, 0) is 95.6 Å². The second kappa shape index (κ2) is 11.8. The van der Waals surface area contributed by atoms with E-state index in [1.807, 2.05) is 31.3 Å². The van der Waals surface area contributed by atoms with Gasteiger partial charge in [-0.3, -0.25) is 4.99 Å². The van der Waals surface area contributed by atoms with Crippen molar-refractivity contribution in [3.05, 3.63) is 143 Å². The van der Waals surface area contributed by atoms with Gasteiger partial charge in [-0.2, -0.15) is 0 Å². The molecule has 2 aliphatic rings. The van der Waals surface area contributed by atoms with Gasteiger partial charge in [0.05, 0.1) is 18.3 Å². The third-order valence-electron chi connectivity index (χ3n) is 8.66. The van der Waals surface area contributed by atoms with Crippen molar-refractivity contribution in [3.8, 4) is 11.5 Å². The molecule has 1 N–H and O–H groups in total. The van der Waals surface area contributed by atoms with Gasteiger partial charge in [0.15, 0.2) is 11.5 Å². The van der Waals surface area contributed by atoms with E-state index in [-0.39, 0.29) is 6.04 Å². The number of anilines is 1. The van der Waals surface area contributed by atoms with Gasteiger partial charge in [0.25, 0.3) is 0 Å². The Morgan fingerprint density at radius 2 is 1.72 bits per heavy atom. The standard InChI is InChI=1S/C39H36N2O2/c1-3-42-38-23-27(15-21-37(38)43-25-30-10-6-9-28-8-4-5-11-32(28)30)24-40-31-18-16-29(17-19-31)39-34-13-7-12-33(34)35-22-26(2)14-20-36(35)41-39/h4-12,14-24,33-34,39,41H,3,13,25H2,1-2H3/t33-,34+,39+/m1/s1. The van der Waals surface area contributed by atoms with Gasteiger partial charge in [-0.15, -0.1) is 0 Å². The summed E-state index contributed by atoms with van der Waals surface area (Å²) in [6.45, 7) is 5.19. The van der Waals surface area contributed by atoms with E-state index in [2.05, 4.69) is 109 Å². The molecule has 1 heterocycles. The summed E-state index contributed by atoms with van der Waals surface area (Å²) in [7, 11) is 0. The SMILES string of the molecule is CCOc1cc(C=Nc2ccc([C@@H]3Nc4ccc(C)cc4[C@@H]4C=CC[C@@H]43)cc2)ccc1OCc1cccc2ccccc12. The van der Waals surface area contributed by atoms with Crippen molar-refractivity contribution in [1.29, 1.82) is 0 Å². The maximum Gasteiger partial charge on any atom is 0.161 e. The molecule has 0 aromatic heterocycles. The lowest BCUT2D eigenvalue weighted by atomic mass is 9.76. The zero-order valence-electron chi connectivity index (χ0n) is 24.7. The summed E-state index contributed by atoms with van der Waals surface area (Å²) in [4.78, 5) is 4.78. The van der Waals surface area contributed by atoms with Gasteiger partial charge < -0.3 is 14.8 Å². The van der Waals surface area contributed by atoms with Crippen molar-refractivity contribution in [2.75, 3.05) is 11.9 Å². The van der Waals surface area contributed by atoms with E-state index in [9.17, 15) is 0 Å². The van der Waals surface area contributed by atoms with Crippen LogP contribution in [0.15, 0.2) is 120 Å². The second-order valence-corrected chi connectivity index (χ2v) is 11.5. The average Bonchev–Trinajstić information content (AvgIpc) is 3.54. The molecule has 0 amide bonds. The van der Waals surface area contributed by atoms with Crippen molar-refractivity contribution in [2.24, 2.45) is 10.9 Å². The van der Waals surface area contributed by atoms with Crippen LogP contribution in [0, 0.1) is 12.8 Å². The fourth-order valence-corrected chi connectivity index (χ4v) is 6.53. The maximum atomic E-state index is 6.25. The van der Waals surface area contributed by atoms with Crippen LogP contribution in [-0.2, 0) is 6.61 Å². The van der Waals surface area contributed by atoms with Gasteiger partial charge in [-0.1, -0.05) is 84.4 Å². The minimum atomic E-state index is 0.281. The summed E-state index contributed by atoms with van der Waals surface area (Å²) in [6.07, 6.45) is 7.72. The summed E-state index contributed by atoms with van der Waals surface area (Å²) in [5, 5.41) is 6.25. The highest BCUT2D eigenvalue weighted by Crippen LogP contribution is 2.50. The van der Waals surface area contributed by atoms with Crippen LogP contribution in [0.1, 0.15) is 53.1 Å². The number of nitrogens with zero attached hydrogens (tertiary/aromatic N) is 1. The van der Waals surface area contributed by atoms with Crippen molar-refractivity contribution in [1.82, 2.24) is 0 Å². The Labute approximate surface area is 253 Å². The Balaban J connectivity index is 1.06. The topological polar surface area (TPSA) is 42.8 Å². The number of aliphatic imine (C=N–C) groups is 1. The zero-order chi connectivity index (χ0) is 29.2. The van der Waals surface area contributed by atoms with Crippen LogP contribution in [0.5, 0.6) is 11.5 Å². The number of allylic oxidation sites excluding steroid dienone is 2. The molecule has 5 aromatic carbocycles. The number of hydrogen-bond acceptors (Lipinski definition) is 4. The molecule has 0 fully saturated rings. The molecule has 214 valence electrons.